The smallest absolute Gasteiger partial charge is 0.170 e. The van der Waals surface area contributed by atoms with Gasteiger partial charge in [-0.3, -0.25) is 0 Å². The Labute approximate surface area is 98.6 Å². The first-order chi connectivity index (χ1) is 6.63. The minimum atomic E-state index is 0.420. The summed E-state index contributed by atoms with van der Waals surface area (Å²) in [6.07, 6.45) is 1.02. The van der Waals surface area contributed by atoms with Crippen molar-refractivity contribution in [1.82, 2.24) is 9.36 Å². The minimum absolute atomic E-state index is 0.420. The average Bonchev–Trinajstić information content (AvgIpc) is 2.53. The van der Waals surface area contributed by atoms with Crippen LogP contribution in [-0.4, -0.2) is 20.5 Å². The lowest BCUT2D eigenvalue weighted by Gasteiger charge is -2.04. The van der Waals surface area contributed by atoms with E-state index < -0.39 is 0 Å². The van der Waals surface area contributed by atoms with Gasteiger partial charge in [-0.15, -0.1) is 11.6 Å². The number of rotatable bonds is 5. The second-order valence-electron chi connectivity index (χ2n) is 3.48. The van der Waals surface area contributed by atoms with Crippen LogP contribution in [0.5, 0.6) is 0 Å². The van der Waals surface area contributed by atoms with Gasteiger partial charge in [-0.2, -0.15) is 4.37 Å². The van der Waals surface area contributed by atoms with E-state index in [-0.39, 0.29) is 0 Å². The fourth-order valence-corrected chi connectivity index (χ4v) is 3.40. The average molecular weight is 251 g/mol. The topological polar surface area (TPSA) is 25.8 Å². The molecular formula is C9H15ClN2S2. The van der Waals surface area contributed by atoms with E-state index in [1.807, 2.05) is 0 Å². The summed E-state index contributed by atoms with van der Waals surface area (Å²) >= 11 is 8.93. The van der Waals surface area contributed by atoms with E-state index >= 15 is 0 Å². The molecule has 0 saturated carbocycles. The molecule has 80 valence electrons. The summed E-state index contributed by atoms with van der Waals surface area (Å²) in [6, 6.07) is 0. The van der Waals surface area contributed by atoms with Crippen LogP contribution in [0.3, 0.4) is 0 Å². The van der Waals surface area contributed by atoms with Crippen LogP contribution >= 0.6 is 34.9 Å². The quantitative estimate of drug-likeness (QED) is 0.588. The third kappa shape index (κ3) is 3.75. The molecule has 1 aromatic rings. The summed E-state index contributed by atoms with van der Waals surface area (Å²) in [5, 5.41) is 0.528. The Morgan fingerprint density at radius 2 is 2.14 bits per heavy atom. The standard InChI is InChI=1S/C9H15ClN2S2/c1-6(2)8-11-9(14-12-8)13-7(3)4-5-10/h6-7H,4-5H2,1-3H3. The predicted molar refractivity (Wildman–Crippen MR) is 64.7 cm³/mol. The number of alkyl halides is 1. The number of halogens is 1. The molecule has 5 heteroatoms. The van der Waals surface area contributed by atoms with Crippen molar-refractivity contribution in [2.75, 3.05) is 5.88 Å². The number of nitrogens with zero attached hydrogens (tertiary/aromatic N) is 2. The zero-order chi connectivity index (χ0) is 10.6. The van der Waals surface area contributed by atoms with Crippen LogP contribution in [0.15, 0.2) is 4.34 Å². The highest BCUT2D eigenvalue weighted by molar-refractivity contribution is 8.01. The van der Waals surface area contributed by atoms with Crippen molar-refractivity contribution in [1.29, 1.82) is 0 Å². The molecule has 1 rings (SSSR count). The molecule has 1 aromatic heterocycles. The molecule has 0 radical (unpaired) electrons. The van der Waals surface area contributed by atoms with Crippen LogP contribution in [0.2, 0.25) is 0 Å². The fourth-order valence-electron chi connectivity index (χ4n) is 0.887. The van der Waals surface area contributed by atoms with Gasteiger partial charge >= 0.3 is 0 Å². The summed E-state index contributed by atoms with van der Waals surface area (Å²) in [5.41, 5.74) is 0. The molecule has 1 heterocycles. The van der Waals surface area contributed by atoms with Gasteiger partial charge in [0.15, 0.2) is 4.34 Å². The molecule has 1 atom stereocenters. The summed E-state index contributed by atoms with van der Waals surface area (Å²) in [4.78, 5) is 4.46. The van der Waals surface area contributed by atoms with Crippen LogP contribution in [0.4, 0.5) is 0 Å². The lowest BCUT2D eigenvalue weighted by atomic mass is 10.2. The lowest BCUT2D eigenvalue weighted by molar-refractivity contribution is 0.788. The van der Waals surface area contributed by atoms with Gasteiger partial charge in [-0.05, 0) is 18.0 Å². The highest BCUT2D eigenvalue weighted by atomic mass is 35.5. The van der Waals surface area contributed by atoms with Crippen molar-refractivity contribution < 1.29 is 0 Å². The molecular weight excluding hydrogens is 236 g/mol. The maximum Gasteiger partial charge on any atom is 0.170 e. The number of hydrogen-bond acceptors (Lipinski definition) is 4. The summed E-state index contributed by atoms with van der Waals surface area (Å²) in [5.74, 6) is 2.09. The van der Waals surface area contributed by atoms with Gasteiger partial charge in [0, 0.05) is 17.0 Å². The Morgan fingerprint density at radius 3 is 2.64 bits per heavy atom. The molecule has 14 heavy (non-hydrogen) atoms. The van der Waals surface area contributed by atoms with E-state index in [4.69, 9.17) is 11.6 Å². The number of hydrogen-bond donors (Lipinski definition) is 0. The molecule has 0 aliphatic rings. The third-order valence-corrected chi connectivity index (χ3v) is 3.94. The second-order valence-corrected chi connectivity index (χ2v) is 6.29. The molecule has 0 N–H and O–H groups in total. The van der Waals surface area contributed by atoms with Crippen molar-refractivity contribution in [2.24, 2.45) is 0 Å². The van der Waals surface area contributed by atoms with Crippen LogP contribution in [-0.2, 0) is 0 Å². The van der Waals surface area contributed by atoms with Gasteiger partial charge < -0.3 is 0 Å². The van der Waals surface area contributed by atoms with E-state index in [0.717, 1.165) is 16.6 Å². The van der Waals surface area contributed by atoms with Gasteiger partial charge in [0.1, 0.15) is 5.82 Å². The summed E-state index contributed by atoms with van der Waals surface area (Å²) in [7, 11) is 0. The van der Waals surface area contributed by atoms with E-state index in [9.17, 15) is 0 Å². The predicted octanol–water partition coefficient (Wildman–Crippen LogP) is 3.77. The number of aromatic nitrogens is 2. The molecule has 0 bridgehead atoms. The minimum Gasteiger partial charge on any atom is -0.213 e. The number of thioether (sulfide) groups is 1. The van der Waals surface area contributed by atoms with E-state index in [2.05, 4.69) is 30.1 Å². The molecule has 0 saturated heterocycles. The van der Waals surface area contributed by atoms with E-state index in [1.165, 1.54) is 11.5 Å². The van der Waals surface area contributed by atoms with Crippen LogP contribution in [0, 0.1) is 0 Å². The lowest BCUT2D eigenvalue weighted by Crippen LogP contribution is -1.96. The monoisotopic (exact) mass is 250 g/mol. The van der Waals surface area contributed by atoms with Crippen LogP contribution < -0.4 is 0 Å². The Morgan fingerprint density at radius 1 is 1.43 bits per heavy atom. The van der Waals surface area contributed by atoms with Gasteiger partial charge in [0.25, 0.3) is 0 Å². The van der Waals surface area contributed by atoms with Crippen molar-refractivity contribution in [3.05, 3.63) is 5.82 Å². The van der Waals surface area contributed by atoms with Gasteiger partial charge in [-0.25, -0.2) is 4.98 Å². The second kappa shape index (κ2) is 5.93. The van der Waals surface area contributed by atoms with Crippen LogP contribution in [0.1, 0.15) is 38.9 Å². The Balaban J connectivity index is 2.51. The van der Waals surface area contributed by atoms with E-state index in [0.29, 0.717) is 17.0 Å². The molecule has 0 aromatic carbocycles. The first-order valence-electron chi connectivity index (χ1n) is 4.69. The van der Waals surface area contributed by atoms with Crippen molar-refractivity contribution in [2.45, 2.75) is 42.7 Å². The first-order valence-corrected chi connectivity index (χ1v) is 6.88. The van der Waals surface area contributed by atoms with Crippen molar-refractivity contribution in [3.8, 4) is 0 Å². The maximum atomic E-state index is 5.67. The van der Waals surface area contributed by atoms with Crippen molar-refractivity contribution in [3.63, 3.8) is 0 Å². The molecule has 1 unspecified atom stereocenters. The highest BCUT2D eigenvalue weighted by Crippen LogP contribution is 2.28. The molecule has 0 aliphatic carbocycles. The summed E-state index contributed by atoms with van der Waals surface area (Å²) in [6.45, 7) is 6.39. The molecule has 0 spiro atoms. The van der Waals surface area contributed by atoms with Gasteiger partial charge in [-0.1, -0.05) is 32.5 Å². The normalized spacial score (nSPS) is 13.5. The SMILES string of the molecule is CC(CCCl)Sc1nc(C(C)C)ns1. The Hall–Kier alpha value is 0.200. The Bertz CT molecular complexity index is 276. The zero-order valence-corrected chi connectivity index (χ0v) is 11.0. The van der Waals surface area contributed by atoms with Gasteiger partial charge in [0.05, 0.1) is 0 Å². The highest BCUT2D eigenvalue weighted by Gasteiger charge is 2.10. The largest absolute Gasteiger partial charge is 0.213 e. The molecule has 0 aliphatic heterocycles. The maximum absolute atomic E-state index is 5.67. The molecule has 2 nitrogen and oxygen atoms in total. The van der Waals surface area contributed by atoms with Gasteiger partial charge in [0.2, 0.25) is 0 Å². The van der Waals surface area contributed by atoms with Crippen molar-refractivity contribution >= 4 is 34.9 Å². The van der Waals surface area contributed by atoms with Crippen LogP contribution in [0.25, 0.3) is 0 Å². The molecule has 0 amide bonds. The first kappa shape index (κ1) is 12.3. The third-order valence-electron chi connectivity index (χ3n) is 1.76. The fraction of sp³-hybridized carbons (Fsp3) is 0.778. The Kier molecular flexibility index (Phi) is 5.20. The summed E-state index contributed by atoms with van der Waals surface area (Å²) < 4.78 is 5.37. The zero-order valence-electron chi connectivity index (χ0n) is 8.66. The molecule has 0 fully saturated rings. The van der Waals surface area contributed by atoms with E-state index in [1.54, 1.807) is 11.8 Å².